The molecule has 3 amide bonds. The third-order valence-corrected chi connectivity index (χ3v) is 12.1. The molecule has 6 heterocycles. The zero-order valence-electron chi connectivity index (χ0n) is 32.0. The second kappa shape index (κ2) is 16.7. The number of fused-ring (bicyclic) bond motifs is 6. The number of amides is 3. The lowest BCUT2D eigenvalue weighted by molar-refractivity contribution is -0.135. The zero-order chi connectivity index (χ0) is 39.6. The fourth-order valence-corrected chi connectivity index (χ4v) is 9.10. The minimum atomic E-state index is -0.544. The Morgan fingerprint density at radius 2 is 1.79 bits per heavy atom. The van der Waals surface area contributed by atoms with Gasteiger partial charge in [0.2, 0.25) is 17.7 Å². The number of halogens is 1. The molecule has 0 radical (unpaired) electrons. The van der Waals surface area contributed by atoms with Gasteiger partial charge in [0.1, 0.15) is 28.6 Å². The topological polar surface area (TPSA) is 155 Å². The SMILES string of the molecule is Cc1sc2c(c1C)C(c1ccc(Cl)cc1)=N[C@@H](CC(=O)NCCOCCOCCCc1ccnc3c1c1ccccc1n3C1CCC(=O)NC1=O)c1nnc(C)n1-2. The number of carbonyl (C=O) groups excluding carboxylic acids is 3. The highest BCUT2D eigenvalue weighted by Gasteiger charge is 2.33. The molecule has 294 valence electrons. The lowest BCUT2D eigenvalue weighted by Crippen LogP contribution is -2.41. The Bertz CT molecular complexity index is 2520. The fraction of sp³-hybridized carbons (Fsp3) is 0.357. The van der Waals surface area contributed by atoms with Gasteiger partial charge in [0.05, 0.1) is 37.5 Å². The first kappa shape index (κ1) is 38.6. The number of nitrogens with zero attached hydrogens (tertiary/aromatic N) is 6. The first-order valence-electron chi connectivity index (χ1n) is 19.2. The van der Waals surface area contributed by atoms with Gasteiger partial charge in [-0.2, -0.15) is 0 Å². The highest BCUT2D eigenvalue weighted by Crippen LogP contribution is 2.40. The van der Waals surface area contributed by atoms with Crippen molar-refractivity contribution in [3.05, 3.63) is 105 Å². The Morgan fingerprint density at radius 3 is 2.60 bits per heavy atom. The van der Waals surface area contributed by atoms with E-state index < -0.39 is 12.1 Å². The lowest BCUT2D eigenvalue weighted by atomic mass is 9.99. The van der Waals surface area contributed by atoms with Crippen LogP contribution in [0, 0.1) is 20.8 Å². The second-order valence-corrected chi connectivity index (χ2v) is 15.9. The number of benzene rings is 2. The summed E-state index contributed by atoms with van der Waals surface area (Å²) in [6, 6.07) is 16.6. The second-order valence-electron chi connectivity index (χ2n) is 14.3. The van der Waals surface area contributed by atoms with Crippen molar-refractivity contribution < 1.29 is 23.9 Å². The average molecular weight is 807 g/mol. The molecule has 2 aromatic carbocycles. The minimum Gasteiger partial charge on any atom is -0.379 e. The molecular formula is C42H43ClN8O5S. The molecular weight excluding hydrogens is 764 g/mol. The number of nitrogens with one attached hydrogen (secondary N) is 2. The molecule has 4 aromatic heterocycles. The van der Waals surface area contributed by atoms with Crippen LogP contribution in [-0.2, 0) is 30.3 Å². The third kappa shape index (κ3) is 7.74. The Kier molecular flexibility index (Phi) is 11.3. The van der Waals surface area contributed by atoms with E-state index in [1.54, 1.807) is 17.5 Å². The van der Waals surface area contributed by atoms with E-state index in [2.05, 4.69) is 40.7 Å². The highest BCUT2D eigenvalue weighted by molar-refractivity contribution is 7.15. The van der Waals surface area contributed by atoms with Gasteiger partial charge in [-0.15, -0.1) is 21.5 Å². The number of aliphatic imine (C=N–C) groups is 1. The molecule has 2 N–H and O–H groups in total. The summed E-state index contributed by atoms with van der Waals surface area (Å²) in [6.45, 7) is 8.18. The number of para-hydroxylation sites is 1. The molecule has 2 aliphatic heterocycles. The summed E-state index contributed by atoms with van der Waals surface area (Å²) in [6.07, 6.45) is 4.18. The summed E-state index contributed by atoms with van der Waals surface area (Å²) in [5.41, 5.74) is 6.68. The van der Waals surface area contributed by atoms with Crippen molar-refractivity contribution in [2.75, 3.05) is 33.0 Å². The van der Waals surface area contributed by atoms with Gasteiger partial charge in [-0.05, 0) is 75.4 Å². The Morgan fingerprint density at radius 1 is 1.00 bits per heavy atom. The molecule has 15 heteroatoms. The van der Waals surface area contributed by atoms with E-state index in [1.165, 1.54) is 4.88 Å². The minimum absolute atomic E-state index is 0.104. The molecule has 6 aromatic rings. The van der Waals surface area contributed by atoms with Crippen LogP contribution in [0.3, 0.4) is 0 Å². The van der Waals surface area contributed by atoms with Crippen LogP contribution < -0.4 is 10.6 Å². The molecule has 0 aliphatic carbocycles. The largest absolute Gasteiger partial charge is 0.379 e. The summed E-state index contributed by atoms with van der Waals surface area (Å²) >= 11 is 7.90. The van der Waals surface area contributed by atoms with Crippen LogP contribution in [0.1, 0.15) is 76.5 Å². The first-order valence-corrected chi connectivity index (χ1v) is 20.4. The highest BCUT2D eigenvalue weighted by atomic mass is 35.5. The molecule has 8 rings (SSSR count). The van der Waals surface area contributed by atoms with Gasteiger partial charge in [0.15, 0.2) is 5.82 Å². The van der Waals surface area contributed by atoms with Gasteiger partial charge >= 0.3 is 0 Å². The van der Waals surface area contributed by atoms with Crippen molar-refractivity contribution in [3.8, 4) is 5.00 Å². The number of thiophene rings is 1. The van der Waals surface area contributed by atoms with Crippen molar-refractivity contribution in [1.82, 2.24) is 34.9 Å². The van der Waals surface area contributed by atoms with Crippen LogP contribution >= 0.6 is 22.9 Å². The lowest BCUT2D eigenvalue weighted by Gasteiger charge is -2.23. The Hall–Kier alpha value is -5.28. The van der Waals surface area contributed by atoms with Crippen LogP contribution in [0.5, 0.6) is 0 Å². The number of ether oxygens (including phenoxy) is 2. The summed E-state index contributed by atoms with van der Waals surface area (Å²) in [5, 5.41) is 18.0. The van der Waals surface area contributed by atoms with Gasteiger partial charge in [-0.1, -0.05) is 41.9 Å². The van der Waals surface area contributed by atoms with Crippen molar-refractivity contribution in [1.29, 1.82) is 0 Å². The summed E-state index contributed by atoms with van der Waals surface area (Å²) < 4.78 is 15.7. The maximum Gasteiger partial charge on any atom is 0.249 e. The zero-order valence-corrected chi connectivity index (χ0v) is 33.6. The average Bonchev–Trinajstić information content (AvgIpc) is 3.81. The van der Waals surface area contributed by atoms with Gasteiger partial charge in [-0.3, -0.25) is 29.3 Å². The molecule has 0 spiro atoms. The van der Waals surface area contributed by atoms with E-state index in [0.717, 1.165) is 73.6 Å². The normalized spacial score (nSPS) is 16.7. The van der Waals surface area contributed by atoms with Crippen LogP contribution in [0.25, 0.3) is 26.9 Å². The number of aryl methyl sites for hydroxylation is 3. The monoisotopic (exact) mass is 806 g/mol. The number of imide groups is 1. The van der Waals surface area contributed by atoms with Crippen LogP contribution in [-0.4, -0.2) is 80.7 Å². The Balaban J connectivity index is 0.820. The summed E-state index contributed by atoms with van der Waals surface area (Å²) in [7, 11) is 0. The van der Waals surface area contributed by atoms with Crippen LogP contribution in [0.15, 0.2) is 65.8 Å². The number of hydrogen-bond acceptors (Lipinski definition) is 10. The van der Waals surface area contributed by atoms with Gasteiger partial charge in [0, 0.05) is 57.6 Å². The third-order valence-electron chi connectivity index (χ3n) is 10.6. The Labute approximate surface area is 338 Å². The number of aromatic nitrogens is 5. The molecule has 0 bridgehead atoms. The number of pyridine rings is 1. The predicted octanol–water partition coefficient (Wildman–Crippen LogP) is 6.45. The number of rotatable bonds is 14. The van der Waals surface area contributed by atoms with Gasteiger partial charge in [0.25, 0.3) is 0 Å². The molecule has 1 saturated heterocycles. The van der Waals surface area contributed by atoms with Crippen molar-refractivity contribution >= 4 is 68.3 Å². The first-order chi connectivity index (χ1) is 27.7. The van der Waals surface area contributed by atoms with Gasteiger partial charge < -0.3 is 19.4 Å². The molecule has 13 nitrogen and oxygen atoms in total. The molecule has 2 atom stereocenters. The van der Waals surface area contributed by atoms with Crippen LogP contribution in [0.2, 0.25) is 5.02 Å². The molecule has 0 saturated carbocycles. The maximum atomic E-state index is 13.3. The van der Waals surface area contributed by atoms with E-state index >= 15 is 0 Å². The molecule has 57 heavy (non-hydrogen) atoms. The maximum absolute atomic E-state index is 13.3. The fourth-order valence-electron chi connectivity index (χ4n) is 7.76. The summed E-state index contributed by atoms with van der Waals surface area (Å²) in [4.78, 5) is 49.0. The number of piperidine rings is 1. The van der Waals surface area contributed by atoms with Gasteiger partial charge in [-0.25, -0.2) is 4.98 Å². The van der Waals surface area contributed by atoms with E-state index in [4.69, 9.17) is 31.1 Å². The predicted molar refractivity (Wildman–Crippen MR) is 220 cm³/mol. The number of hydrogen-bond donors (Lipinski definition) is 2. The number of carbonyl (C=O) groups is 3. The summed E-state index contributed by atoms with van der Waals surface area (Å²) in [5.74, 6) is 0.683. The molecule has 2 aliphatic rings. The molecule has 1 unspecified atom stereocenters. The standard InChI is InChI=1S/C42H43ClN8O5S/c1-24-25(2)57-42-36(24)38(28-10-12-29(43)13-11-28)46-31(39-49-48-26(3)50(39)42)23-35(53)44-18-20-56-22-21-55-19-6-7-27-16-17-45-40-37(27)30-8-4-5-9-32(30)51(40)33-14-15-34(52)47-41(33)54/h4-5,8-13,16-17,31,33H,6-7,14-15,18-23H2,1-3H3,(H,44,53)(H,47,52,54)/t31-,33?/m0/s1. The van der Waals surface area contributed by atoms with Crippen molar-refractivity contribution in [2.45, 2.75) is 65.0 Å². The van der Waals surface area contributed by atoms with E-state index in [1.807, 2.05) is 64.6 Å². The van der Waals surface area contributed by atoms with E-state index in [0.29, 0.717) is 56.7 Å². The molecule has 1 fully saturated rings. The van der Waals surface area contributed by atoms with Crippen LogP contribution in [0.4, 0.5) is 0 Å². The van der Waals surface area contributed by atoms with E-state index in [-0.39, 0.29) is 24.1 Å². The smallest absolute Gasteiger partial charge is 0.249 e. The van der Waals surface area contributed by atoms with Crippen molar-refractivity contribution in [3.63, 3.8) is 0 Å². The van der Waals surface area contributed by atoms with Crippen molar-refractivity contribution in [2.24, 2.45) is 4.99 Å². The van der Waals surface area contributed by atoms with E-state index in [9.17, 15) is 14.4 Å². The quantitative estimate of drug-likeness (QED) is 0.0941.